The predicted molar refractivity (Wildman–Crippen MR) is 75.1 cm³/mol. The zero-order valence-electron chi connectivity index (χ0n) is 11.9. The molecule has 0 spiro atoms. The fourth-order valence-electron chi connectivity index (χ4n) is 2.16. The average Bonchev–Trinajstić information content (AvgIpc) is 2.54. The highest BCUT2D eigenvalue weighted by molar-refractivity contribution is 5.81. The molecule has 0 aliphatic carbocycles. The number of rotatable bonds is 5. The number of carbonyl (C=O) groups excluding carboxylic acids is 2. The number of ether oxygens (including phenoxy) is 1. The van der Waals surface area contributed by atoms with Gasteiger partial charge in [-0.2, -0.15) is 0 Å². The average molecular weight is 290 g/mol. The minimum atomic E-state index is -1.07. The van der Waals surface area contributed by atoms with Crippen molar-refractivity contribution in [1.29, 1.82) is 0 Å². The lowest BCUT2D eigenvalue weighted by molar-refractivity contribution is -0.391. The molecule has 1 aliphatic rings. The molecule has 21 heavy (non-hydrogen) atoms. The molecule has 5 nitrogen and oxygen atoms in total. The fraction of sp³-hybridized carbons (Fsp3) is 0.375. The summed E-state index contributed by atoms with van der Waals surface area (Å²) in [6.45, 7) is 2.07. The van der Waals surface area contributed by atoms with Crippen molar-refractivity contribution >= 4 is 12.3 Å². The normalized spacial score (nSPS) is 25.7. The van der Waals surface area contributed by atoms with Gasteiger partial charge >= 0.3 is 5.97 Å². The molecule has 0 amide bonds. The Balaban J connectivity index is 1.98. The maximum atomic E-state index is 11.4. The molecule has 0 N–H and O–H groups in total. The summed E-state index contributed by atoms with van der Waals surface area (Å²) in [5, 5.41) is 0. The van der Waals surface area contributed by atoms with Crippen molar-refractivity contribution in [2.24, 2.45) is 0 Å². The van der Waals surface area contributed by atoms with Gasteiger partial charge in [0.15, 0.2) is 11.9 Å². The van der Waals surface area contributed by atoms with Crippen molar-refractivity contribution in [2.45, 2.75) is 31.5 Å². The summed E-state index contributed by atoms with van der Waals surface area (Å²) >= 11 is 0. The quantitative estimate of drug-likeness (QED) is 0.360. The zero-order chi connectivity index (χ0) is 15.1. The molecule has 1 aromatic carbocycles. The van der Waals surface area contributed by atoms with Gasteiger partial charge in [-0.15, -0.1) is 0 Å². The summed E-state index contributed by atoms with van der Waals surface area (Å²) in [5.74, 6) is -0.420. The molecular weight excluding hydrogens is 272 g/mol. The second-order valence-electron chi connectivity index (χ2n) is 4.74. The number of hydrogen-bond donors (Lipinski definition) is 0. The van der Waals surface area contributed by atoms with Gasteiger partial charge in [-0.25, -0.2) is 14.6 Å². The van der Waals surface area contributed by atoms with Crippen LogP contribution in [0.15, 0.2) is 42.5 Å². The smallest absolute Gasteiger partial charge is 0.330 e. The Morgan fingerprint density at radius 2 is 2.19 bits per heavy atom. The molecule has 1 aliphatic heterocycles. The third-order valence-corrected chi connectivity index (χ3v) is 3.31. The van der Waals surface area contributed by atoms with E-state index in [-0.39, 0.29) is 6.10 Å². The molecule has 0 bridgehead atoms. The monoisotopic (exact) mass is 290 g/mol. The van der Waals surface area contributed by atoms with Gasteiger partial charge < -0.3 is 4.74 Å². The molecule has 1 saturated heterocycles. The van der Waals surface area contributed by atoms with Crippen LogP contribution in [0, 0.1) is 0 Å². The number of hydrogen-bond acceptors (Lipinski definition) is 5. The lowest BCUT2D eigenvalue weighted by Gasteiger charge is -2.34. The first kappa shape index (κ1) is 15.4. The highest BCUT2D eigenvalue weighted by Crippen LogP contribution is 2.34. The second kappa shape index (κ2) is 7.15. The minimum absolute atomic E-state index is 0.327. The van der Waals surface area contributed by atoms with Crippen molar-refractivity contribution in [2.75, 3.05) is 6.61 Å². The van der Waals surface area contributed by atoms with E-state index in [1.165, 1.54) is 6.08 Å². The summed E-state index contributed by atoms with van der Waals surface area (Å²) in [4.78, 5) is 33.2. The Hall–Kier alpha value is -1.98. The lowest BCUT2D eigenvalue weighted by Crippen LogP contribution is -2.38. The number of carbonyl (C=O) groups is 2. The summed E-state index contributed by atoms with van der Waals surface area (Å²) < 4.78 is 4.79. The van der Waals surface area contributed by atoms with E-state index in [2.05, 4.69) is 0 Å². The standard InChI is InChI=1S/C16H18O5/c1-2-19-15(18)9-8-14-10-11-16(12-17,21-20-14)13-6-4-3-5-7-13/h3-9,12,14H,2,10-11H2,1H3/b9-8+/t14-,16-/m0/s1. The van der Waals surface area contributed by atoms with E-state index in [0.29, 0.717) is 19.4 Å². The van der Waals surface area contributed by atoms with Gasteiger partial charge in [-0.3, -0.25) is 4.79 Å². The van der Waals surface area contributed by atoms with Crippen molar-refractivity contribution in [3.8, 4) is 0 Å². The predicted octanol–water partition coefficient (Wildman–Crippen LogP) is 2.31. The number of aldehydes is 1. The van der Waals surface area contributed by atoms with Crippen LogP contribution in [0.1, 0.15) is 25.3 Å². The first-order valence-corrected chi connectivity index (χ1v) is 6.91. The molecule has 0 radical (unpaired) electrons. The Bertz CT molecular complexity index is 501. The lowest BCUT2D eigenvalue weighted by atomic mass is 9.88. The molecule has 112 valence electrons. The molecular formula is C16H18O5. The molecule has 0 saturated carbocycles. The van der Waals surface area contributed by atoms with Crippen molar-refractivity contribution in [3.05, 3.63) is 48.0 Å². The van der Waals surface area contributed by atoms with Gasteiger partial charge in [-0.05, 0) is 31.4 Å². The van der Waals surface area contributed by atoms with E-state index >= 15 is 0 Å². The SMILES string of the molecule is CCOC(=O)/C=C/[C@H]1CC[C@](C=O)(c2ccccc2)OO1. The van der Waals surface area contributed by atoms with Crippen molar-refractivity contribution in [1.82, 2.24) is 0 Å². The van der Waals surface area contributed by atoms with Crippen LogP contribution in [-0.4, -0.2) is 25.0 Å². The highest BCUT2D eigenvalue weighted by Gasteiger charge is 2.39. The number of esters is 1. The van der Waals surface area contributed by atoms with Gasteiger partial charge in [-0.1, -0.05) is 30.3 Å². The highest BCUT2D eigenvalue weighted by atomic mass is 17.2. The van der Waals surface area contributed by atoms with Crippen LogP contribution in [-0.2, 0) is 29.7 Å². The third kappa shape index (κ3) is 3.77. The van der Waals surface area contributed by atoms with Gasteiger partial charge in [0.2, 0.25) is 0 Å². The molecule has 0 unspecified atom stereocenters. The summed E-state index contributed by atoms with van der Waals surface area (Å²) in [6.07, 6.45) is 4.34. The van der Waals surface area contributed by atoms with Crippen LogP contribution < -0.4 is 0 Å². The van der Waals surface area contributed by atoms with Gasteiger partial charge in [0.05, 0.1) is 6.61 Å². The Labute approximate surface area is 123 Å². The Morgan fingerprint density at radius 1 is 1.43 bits per heavy atom. The molecule has 2 rings (SSSR count). The van der Waals surface area contributed by atoms with Gasteiger partial charge in [0.1, 0.15) is 6.10 Å². The van der Waals surface area contributed by atoms with E-state index in [1.807, 2.05) is 30.3 Å². The summed E-state index contributed by atoms with van der Waals surface area (Å²) in [6, 6.07) is 9.21. The van der Waals surface area contributed by atoms with Gasteiger partial charge in [0, 0.05) is 6.08 Å². The van der Waals surface area contributed by atoms with E-state index in [1.54, 1.807) is 13.0 Å². The fourth-order valence-corrected chi connectivity index (χ4v) is 2.16. The third-order valence-electron chi connectivity index (χ3n) is 3.31. The first-order valence-electron chi connectivity index (χ1n) is 6.91. The maximum absolute atomic E-state index is 11.4. The second-order valence-corrected chi connectivity index (χ2v) is 4.74. The van der Waals surface area contributed by atoms with E-state index < -0.39 is 11.6 Å². The van der Waals surface area contributed by atoms with Gasteiger partial charge in [0.25, 0.3) is 0 Å². The van der Waals surface area contributed by atoms with Crippen LogP contribution in [0.4, 0.5) is 0 Å². The van der Waals surface area contributed by atoms with Crippen LogP contribution in [0.2, 0.25) is 0 Å². The minimum Gasteiger partial charge on any atom is -0.463 e. The van der Waals surface area contributed by atoms with Crippen molar-refractivity contribution < 1.29 is 24.1 Å². The molecule has 1 fully saturated rings. The van der Waals surface area contributed by atoms with Crippen LogP contribution in [0.25, 0.3) is 0 Å². The molecule has 1 aromatic rings. The van der Waals surface area contributed by atoms with E-state index in [4.69, 9.17) is 14.5 Å². The molecule has 5 heteroatoms. The first-order chi connectivity index (χ1) is 10.2. The van der Waals surface area contributed by atoms with E-state index in [9.17, 15) is 9.59 Å². The van der Waals surface area contributed by atoms with Crippen LogP contribution in [0.3, 0.4) is 0 Å². The number of benzene rings is 1. The molecule has 1 heterocycles. The maximum Gasteiger partial charge on any atom is 0.330 e. The van der Waals surface area contributed by atoms with Crippen LogP contribution in [0.5, 0.6) is 0 Å². The largest absolute Gasteiger partial charge is 0.463 e. The van der Waals surface area contributed by atoms with Crippen molar-refractivity contribution in [3.63, 3.8) is 0 Å². The topological polar surface area (TPSA) is 61.8 Å². The Morgan fingerprint density at radius 3 is 2.76 bits per heavy atom. The Kier molecular flexibility index (Phi) is 5.25. The van der Waals surface area contributed by atoms with Crippen LogP contribution >= 0.6 is 0 Å². The molecule has 2 atom stereocenters. The zero-order valence-corrected chi connectivity index (χ0v) is 11.9. The summed E-state index contributed by atoms with van der Waals surface area (Å²) in [7, 11) is 0. The van der Waals surface area contributed by atoms with E-state index in [0.717, 1.165) is 11.8 Å². The summed E-state index contributed by atoms with van der Waals surface area (Å²) in [5.41, 5.74) is -0.317. The molecule has 0 aromatic heterocycles.